The molecule has 0 aliphatic rings. The first-order valence-electron chi connectivity index (χ1n) is 10.2. The lowest BCUT2D eigenvalue weighted by Crippen LogP contribution is -2.46. The predicted octanol–water partition coefficient (Wildman–Crippen LogP) is 2.22. The van der Waals surface area contributed by atoms with Gasteiger partial charge in [-0.05, 0) is 42.8 Å². The Morgan fingerprint density at radius 2 is 1.82 bits per heavy atom. The normalized spacial score (nSPS) is 10.7. The Hall–Kier alpha value is -4.40. The van der Waals surface area contributed by atoms with Crippen LogP contribution in [0.4, 0.5) is 4.39 Å². The van der Waals surface area contributed by atoms with Gasteiger partial charge in [-0.15, -0.1) is 0 Å². The summed E-state index contributed by atoms with van der Waals surface area (Å²) in [6.45, 7) is 1.91. The largest absolute Gasteiger partial charge is 0.352 e. The van der Waals surface area contributed by atoms with Gasteiger partial charge in [0, 0.05) is 6.20 Å². The summed E-state index contributed by atoms with van der Waals surface area (Å²) in [5.41, 5.74) is 0.283. The highest BCUT2D eigenvalue weighted by molar-refractivity contribution is 5.91. The van der Waals surface area contributed by atoms with E-state index in [0.717, 1.165) is 20.9 Å². The second kappa shape index (κ2) is 9.39. The molecule has 0 saturated heterocycles. The van der Waals surface area contributed by atoms with Crippen LogP contribution >= 0.6 is 0 Å². The van der Waals surface area contributed by atoms with E-state index in [1.165, 1.54) is 18.2 Å². The minimum atomic E-state index is -0.841. The zero-order chi connectivity index (χ0) is 23.4. The van der Waals surface area contributed by atoms with Crippen LogP contribution in [-0.4, -0.2) is 25.2 Å². The molecule has 0 spiro atoms. The van der Waals surface area contributed by atoms with Gasteiger partial charge in [0.2, 0.25) is 5.69 Å². The van der Waals surface area contributed by atoms with Crippen molar-refractivity contribution in [3.8, 4) is 5.69 Å². The first-order chi connectivity index (χ1) is 15.9. The number of carbonyl (C=O) groups is 1. The van der Waals surface area contributed by atoms with E-state index in [2.05, 4.69) is 15.4 Å². The molecule has 0 radical (unpaired) electrons. The number of nitrogens with one attached hydrogen (secondary N) is 1. The molecule has 0 unspecified atom stereocenters. The van der Waals surface area contributed by atoms with Gasteiger partial charge in [-0.3, -0.25) is 19.1 Å². The number of halogens is 1. The molecule has 9 heteroatoms. The van der Waals surface area contributed by atoms with Crippen LogP contribution in [0.5, 0.6) is 0 Å². The van der Waals surface area contributed by atoms with E-state index < -0.39 is 28.7 Å². The highest BCUT2D eigenvalue weighted by Gasteiger charge is 2.20. The fraction of sp³-hybridized carbons (Fsp3) is 0.125. The molecule has 0 aliphatic heterocycles. The minimum absolute atomic E-state index is 0.0673. The van der Waals surface area contributed by atoms with E-state index in [-0.39, 0.29) is 18.8 Å². The number of carbonyl (C=O) groups excluding carboxylic acids is 1. The van der Waals surface area contributed by atoms with Crippen molar-refractivity contribution in [3.63, 3.8) is 0 Å². The molecule has 2 aromatic carbocycles. The SMILES string of the molecule is Cc1ccc(Cn2c(=O)c(C(=O)NCc3ccccn3)nn(-c3cccc(F)c3)c2=O)cc1. The van der Waals surface area contributed by atoms with E-state index in [1.807, 2.05) is 19.1 Å². The van der Waals surface area contributed by atoms with Crippen LogP contribution in [0.15, 0.2) is 82.5 Å². The summed E-state index contributed by atoms with van der Waals surface area (Å²) in [4.78, 5) is 43.2. The van der Waals surface area contributed by atoms with Gasteiger partial charge in [-0.2, -0.15) is 9.78 Å². The average molecular weight is 445 g/mol. The smallest absolute Gasteiger partial charge is 0.345 e. The Morgan fingerprint density at radius 1 is 1.03 bits per heavy atom. The molecular formula is C24H20FN5O3. The fourth-order valence-electron chi connectivity index (χ4n) is 3.21. The molecule has 166 valence electrons. The summed E-state index contributed by atoms with van der Waals surface area (Å²) >= 11 is 0. The Kier molecular flexibility index (Phi) is 6.21. The minimum Gasteiger partial charge on any atom is -0.345 e. The quantitative estimate of drug-likeness (QED) is 0.491. The van der Waals surface area contributed by atoms with E-state index in [1.54, 1.807) is 36.5 Å². The molecule has 0 aliphatic carbocycles. The molecule has 0 atom stereocenters. The third kappa shape index (κ3) is 4.93. The average Bonchev–Trinajstić information content (AvgIpc) is 2.82. The van der Waals surface area contributed by atoms with E-state index in [0.29, 0.717) is 11.3 Å². The zero-order valence-corrected chi connectivity index (χ0v) is 17.7. The zero-order valence-electron chi connectivity index (χ0n) is 17.7. The van der Waals surface area contributed by atoms with E-state index >= 15 is 0 Å². The summed E-state index contributed by atoms with van der Waals surface area (Å²) < 4.78 is 15.6. The molecule has 4 rings (SSSR count). The lowest BCUT2D eigenvalue weighted by molar-refractivity contribution is 0.0940. The number of hydrogen-bond donors (Lipinski definition) is 1. The van der Waals surface area contributed by atoms with Gasteiger partial charge in [0.25, 0.3) is 11.5 Å². The van der Waals surface area contributed by atoms with Crippen molar-refractivity contribution in [3.05, 3.63) is 122 Å². The monoisotopic (exact) mass is 445 g/mol. The standard InChI is InChI=1S/C24H20FN5O3/c1-16-8-10-17(11-9-16)15-29-23(32)21(22(31)27-14-19-6-2-3-12-26-19)28-30(24(29)33)20-7-4-5-18(25)13-20/h2-13H,14-15H2,1H3,(H,27,31). The maximum Gasteiger partial charge on any atom is 0.352 e. The summed E-state index contributed by atoms with van der Waals surface area (Å²) in [7, 11) is 0. The Bertz CT molecular complexity index is 1410. The van der Waals surface area contributed by atoms with Crippen LogP contribution in [0.2, 0.25) is 0 Å². The number of aromatic nitrogens is 4. The van der Waals surface area contributed by atoms with E-state index in [9.17, 15) is 18.8 Å². The van der Waals surface area contributed by atoms with Gasteiger partial charge in [0.1, 0.15) is 5.82 Å². The highest BCUT2D eigenvalue weighted by atomic mass is 19.1. The molecule has 0 fully saturated rings. The second-order valence-corrected chi connectivity index (χ2v) is 7.40. The molecular weight excluding hydrogens is 425 g/mol. The van der Waals surface area contributed by atoms with Crippen molar-refractivity contribution in [2.75, 3.05) is 0 Å². The van der Waals surface area contributed by atoms with Crippen LogP contribution in [0.1, 0.15) is 27.3 Å². The molecule has 1 N–H and O–H groups in total. The van der Waals surface area contributed by atoms with Gasteiger partial charge >= 0.3 is 5.69 Å². The molecule has 8 nitrogen and oxygen atoms in total. The van der Waals surface area contributed by atoms with Crippen molar-refractivity contribution >= 4 is 5.91 Å². The Balaban J connectivity index is 1.78. The maximum absolute atomic E-state index is 13.8. The third-order valence-corrected chi connectivity index (χ3v) is 4.95. The number of benzene rings is 2. The number of rotatable bonds is 6. The molecule has 2 heterocycles. The maximum atomic E-state index is 13.8. The molecule has 0 bridgehead atoms. The van der Waals surface area contributed by atoms with Gasteiger partial charge in [0.15, 0.2) is 0 Å². The number of aryl methyl sites for hydroxylation is 1. The summed E-state index contributed by atoms with van der Waals surface area (Å²) in [5.74, 6) is -1.35. The van der Waals surface area contributed by atoms with Gasteiger partial charge in [0.05, 0.1) is 24.5 Å². The van der Waals surface area contributed by atoms with Crippen molar-refractivity contribution in [1.82, 2.24) is 24.6 Å². The summed E-state index contributed by atoms with van der Waals surface area (Å²) in [5, 5.41) is 6.58. The number of pyridine rings is 1. The topological polar surface area (TPSA) is 98.9 Å². The first kappa shape index (κ1) is 21.8. The van der Waals surface area contributed by atoms with Crippen LogP contribution in [0, 0.1) is 12.7 Å². The van der Waals surface area contributed by atoms with Crippen LogP contribution in [0.25, 0.3) is 5.69 Å². The molecule has 2 aromatic heterocycles. The Morgan fingerprint density at radius 3 is 2.52 bits per heavy atom. The summed E-state index contributed by atoms with van der Waals surface area (Å²) in [6.07, 6.45) is 1.58. The second-order valence-electron chi connectivity index (χ2n) is 7.40. The van der Waals surface area contributed by atoms with Crippen molar-refractivity contribution in [2.45, 2.75) is 20.0 Å². The van der Waals surface area contributed by atoms with Crippen molar-refractivity contribution < 1.29 is 9.18 Å². The van der Waals surface area contributed by atoms with Crippen LogP contribution in [0.3, 0.4) is 0 Å². The van der Waals surface area contributed by atoms with E-state index in [4.69, 9.17) is 0 Å². The number of amides is 1. The summed E-state index contributed by atoms with van der Waals surface area (Å²) in [6, 6.07) is 17.7. The van der Waals surface area contributed by atoms with Crippen molar-refractivity contribution in [2.24, 2.45) is 0 Å². The predicted molar refractivity (Wildman–Crippen MR) is 120 cm³/mol. The molecule has 1 amide bonds. The first-order valence-corrected chi connectivity index (χ1v) is 10.2. The lowest BCUT2D eigenvalue weighted by atomic mass is 10.1. The molecule has 0 saturated carbocycles. The van der Waals surface area contributed by atoms with Crippen LogP contribution in [-0.2, 0) is 13.1 Å². The number of nitrogens with zero attached hydrogens (tertiary/aromatic N) is 4. The third-order valence-electron chi connectivity index (χ3n) is 4.95. The van der Waals surface area contributed by atoms with Gasteiger partial charge in [-0.25, -0.2) is 9.18 Å². The van der Waals surface area contributed by atoms with Gasteiger partial charge in [-0.1, -0.05) is 42.0 Å². The van der Waals surface area contributed by atoms with Gasteiger partial charge < -0.3 is 5.32 Å². The van der Waals surface area contributed by atoms with Crippen molar-refractivity contribution in [1.29, 1.82) is 0 Å². The fourth-order valence-corrected chi connectivity index (χ4v) is 3.21. The highest BCUT2D eigenvalue weighted by Crippen LogP contribution is 2.07. The lowest BCUT2D eigenvalue weighted by Gasteiger charge is -2.12. The Labute approximate surface area is 188 Å². The van der Waals surface area contributed by atoms with Crippen LogP contribution < -0.4 is 16.6 Å². The number of hydrogen-bond acceptors (Lipinski definition) is 5. The molecule has 33 heavy (non-hydrogen) atoms. The molecule has 4 aromatic rings.